The molecule has 1 aliphatic rings. The number of nitrogens with one attached hydrogen (secondary N) is 1. The van der Waals surface area contributed by atoms with E-state index in [9.17, 15) is 8.78 Å². The number of hydrogen-bond acceptors (Lipinski definition) is 2. The molecule has 3 atom stereocenters. The largest absolute Gasteiger partial charge is 0.310 e. The first-order chi connectivity index (χ1) is 8.54. The molecule has 0 saturated heterocycles. The van der Waals surface area contributed by atoms with Crippen LogP contribution in [-0.2, 0) is 0 Å². The second-order valence-corrected chi connectivity index (χ2v) is 6.34. The Balaban J connectivity index is 2.38. The Hall–Kier alpha value is -0.610. The summed E-state index contributed by atoms with van der Waals surface area (Å²) < 4.78 is 26.7. The van der Waals surface area contributed by atoms with Crippen LogP contribution >= 0.6 is 11.8 Å². The fourth-order valence-electron chi connectivity index (χ4n) is 2.35. The molecule has 0 aromatic heterocycles. The van der Waals surface area contributed by atoms with Gasteiger partial charge in [0.05, 0.1) is 0 Å². The predicted molar refractivity (Wildman–Crippen MR) is 71.9 cm³/mol. The van der Waals surface area contributed by atoms with Gasteiger partial charge in [0.25, 0.3) is 0 Å². The van der Waals surface area contributed by atoms with Crippen molar-refractivity contribution in [3.63, 3.8) is 0 Å². The molecular weight excluding hydrogens is 252 g/mol. The molecule has 0 bridgehead atoms. The van der Waals surface area contributed by atoms with Gasteiger partial charge in [-0.1, -0.05) is 20.8 Å². The van der Waals surface area contributed by atoms with Crippen molar-refractivity contribution < 1.29 is 8.78 Å². The maximum absolute atomic E-state index is 13.4. The van der Waals surface area contributed by atoms with Crippen LogP contribution in [0.1, 0.15) is 38.8 Å². The molecule has 0 amide bonds. The lowest BCUT2D eigenvalue weighted by molar-refractivity contribution is 0.369. The van der Waals surface area contributed by atoms with E-state index in [0.29, 0.717) is 11.2 Å². The highest BCUT2D eigenvalue weighted by Gasteiger charge is 2.32. The Kier molecular flexibility index (Phi) is 4.28. The summed E-state index contributed by atoms with van der Waals surface area (Å²) in [6.07, 6.45) is 1.03. The van der Waals surface area contributed by atoms with Crippen LogP contribution in [0.5, 0.6) is 0 Å². The minimum absolute atomic E-state index is 0.117. The molecule has 0 saturated carbocycles. The Morgan fingerprint density at radius 3 is 2.56 bits per heavy atom. The minimum atomic E-state index is -0.753. The molecule has 1 aliphatic heterocycles. The van der Waals surface area contributed by atoms with Crippen molar-refractivity contribution in [1.82, 2.24) is 5.32 Å². The van der Waals surface area contributed by atoms with Crippen molar-refractivity contribution >= 4 is 11.8 Å². The molecule has 1 aromatic carbocycles. The number of fused-ring (bicyclic) bond motifs is 1. The van der Waals surface area contributed by atoms with Crippen molar-refractivity contribution in [1.29, 1.82) is 0 Å². The molecule has 100 valence electrons. The van der Waals surface area contributed by atoms with Gasteiger partial charge >= 0.3 is 0 Å². The number of rotatable bonds is 3. The molecule has 3 unspecified atom stereocenters. The zero-order chi connectivity index (χ0) is 13.3. The average molecular weight is 271 g/mol. The summed E-state index contributed by atoms with van der Waals surface area (Å²) in [5, 5.41) is 3.85. The predicted octanol–water partition coefficient (Wildman–Crippen LogP) is 4.14. The van der Waals surface area contributed by atoms with E-state index in [-0.39, 0.29) is 6.04 Å². The van der Waals surface area contributed by atoms with E-state index in [1.54, 1.807) is 11.8 Å². The van der Waals surface area contributed by atoms with Gasteiger partial charge in [0, 0.05) is 16.2 Å². The topological polar surface area (TPSA) is 12.0 Å². The van der Waals surface area contributed by atoms with Crippen molar-refractivity contribution in [3.05, 3.63) is 29.3 Å². The lowest BCUT2D eigenvalue weighted by Crippen LogP contribution is -2.35. The summed E-state index contributed by atoms with van der Waals surface area (Å²) in [5.74, 6) is -1.10. The Morgan fingerprint density at radius 1 is 1.22 bits per heavy atom. The van der Waals surface area contributed by atoms with Gasteiger partial charge < -0.3 is 5.32 Å². The lowest BCUT2D eigenvalue weighted by Gasteiger charge is -2.36. The summed E-state index contributed by atoms with van der Waals surface area (Å²) in [4.78, 5) is 0.869. The number of thioether (sulfide) groups is 1. The van der Waals surface area contributed by atoms with Crippen LogP contribution in [0.15, 0.2) is 17.0 Å². The van der Waals surface area contributed by atoms with Gasteiger partial charge in [0.1, 0.15) is 0 Å². The highest BCUT2D eigenvalue weighted by Crippen LogP contribution is 2.44. The van der Waals surface area contributed by atoms with Crippen LogP contribution in [0.3, 0.4) is 0 Å². The van der Waals surface area contributed by atoms with E-state index in [4.69, 9.17) is 0 Å². The van der Waals surface area contributed by atoms with Gasteiger partial charge in [0.15, 0.2) is 11.6 Å². The van der Waals surface area contributed by atoms with Crippen molar-refractivity contribution in [3.8, 4) is 0 Å². The van der Waals surface area contributed by atoms with Crippen LogP contribution < -0.4 is 5.32 Å². The zero-order valence-electron chi connectivity index (χ0n) is 11.0. The van der Waals surface area contributed by atoms with E-state index in [1.807, 2.05) is 0 Å². The van der Waals surface area contributed by atoms with Crippen molar-refractivity contribution in [2.24, 2.45) is 5.92 Å². The molecule has 18 heavy (non-hydrogen) atoms. The lowest BCUT2D eigenvalue weighted by atomic mass is 9.91. The first kappa shape index (κ1) is 13.8. The second kappa shape index (κ2) is 5.57. The van der Waals surface area contributed by atoms with Gasteiger partial charge in [-0.15, -0.1) is 11.8 Å². The maximum atomic E-state index is 13.4. The van der Waals surface area contributed by atoms with Crippen LogP contribution in [0.2, 0.25) is 0 Å². The molecule has 1 N–H and O–H groups in total. The third kappa shape index (κ3) is 2.54. The number of hydrogen-bond donors (Lipinski definition) is 1. The summed E-state index contributed by atoms with van der Waals surface area (Å²) in [6, 6.07) is 2.80. The molecule has 0 spiro atoms. The van der Waals surface area contributed by atoms with Gasteiger partial charge in [-0.3, -0.25) is 0 Å². The molecule has 1 heterocycles. The second-order valence-electron chi connectivity index (χ2n) is 4.92. The van der Waals surface area contributed by atoms with Crippen LogP contribution in [0, 0.1) is 17.6 Å². The van der Waals surface area contributed by atoms with Gasteiger partial charge in [-0.05, 0) is 36.6 Å². The highest BCUT2D eigenvalue weighted by atomic mass is 32.2. The quantitative estimate of drug-likeness (QED) is 0.887. The minimum Gasteiger partial charge on any atom is -0.310 e. The third-order valence-corrected chi connectivity index (χ3v) is 4.99. The Bertz CT molecular complexity index is 436. The van der Waals surface area contributed by atoms with Crippen LogP contribution in [-0.4, -0.2) is 11.8 Å². The molecule has 1 aromatic rings. The number of halogens is 2. The Morgan fingerprint density at radius 2 is 1.89 bits per heavy atom. The molecule has 1 nitrogen and oxygen atoms in total. The van der Waals surface area contributed by atoms with Crippen LogP contribution in [0.25, 0.3) is 0 Å². The first-order valence-corrected chi connectivity index (χ1v) is 7.31. The summed E-state index contributed by atoms with van der Waals surface area (Å²) >= 11 is 1.63. The summed E-state index contributed by atoms with van der Waals surface area (Å²) in [5.41, 5.74) is 0.901. The molecule has 0 radical (unpaired) electrons. The van der Waals surface area contributed by atoms with Crippen molar-refractivity contribution in [2.45, 2.75) is 43.4 Å². The summed E-state index contributed by atoms with van der Waals surface area (Å²) in [7, 11) is 0. The first-order valence-electron chi connectivity index (χ1n) is 6.43. The third-order valence-electron chi connectivity index (χ3n) is 3.58. The average Bonchev–Trinajstić information content (AvgIpc) is 2.33. The molecule has 0 fully saturated rings. The van der Waals surface area contributed by atoms with Crippen LogP contribution in [0.4, 0.5) is 8.78 Å². The molecule has 4 heteroatoms. The SMILES string of the molecule is CCCNC1c2cc(F)c(F)cc2SC(C)C1C. The van der Waals surface area contributed by atoms with E-state index >= 15 is 0 Å². The monoisotopic (exact) mass is 271 g/mol. The molecular formula is C14H19F2NS. The summed E-state index contributed by atoms with van der Waals surface area (Å²) in [6.45, 7) is 7.30. The van der Waals surface area contributed by atoms with E-state index in [1.165, 1.54) is 12.1 Å². The number of benzene rings is 1. The zero-order valence-corrected chi connectivity index (χ0v) is 11.8. The molecule has 2 rings (SSSR count). The van der Waals surface area contributed by atoms with E-state index in [2.05, 4.69) is 26.1 Å². The van der Waals surface area contributed by atoms with Gasteiger partial charge in [-0.2, -0.15) is 0 Å². The maximum Gasteiger partial charge on any atom is 0.159 e. The molecule has 0 aliphatic carbocycles. The van der Waals surface area contributed by atoms with E-state index < -0.39 is 11.6 Å². The van der Waals surface area contributed by atoms with E-state index in [0.717, 1.165) is 23.4 Å². The fourth-order valence-corrected chi connectivity index (χ4v) is 3.61. The standard InChI is InChI=1S/C14H19F2NS/c1-4-5-17-14-8(2)9(3)18-13-7-12(16)11(15)6-10(13)14/h6-9,14,17H,4-5H2,1-3H3. The van der Waals surface area contributed by atoms with Crippen molar-refractivity contribution in [2.75, 3.05) is 6.54 Å². The highest BCUT2D eigenvalue weighted by molar-refractivity contribution is 8.00. The smallest absolute Gasteiger partial charge is 0.159 e. The fraction of sp³-hybridized carbons (Fsp3) is 0.571. The normalized spacial score (nSPS) is 27.1. The van der Waals surface area contributed by atoms with Gasteiger partial charge in [0.2, 0.25) is 0 Å². The Labute approximate surface area is 111 Å². The van der Waals surface area contributed by atoms with Gasteiger partial charge in [-0.25, -0.2) is 8.78 Å².